The highest BCUT2D eigenvalue weighted by molar-refractivity contribution is 7.98. The van der Waals surface area contributed by atoms with Crippen molar-refractivity contribution in [2.45, 2.75) is 12.5 Å². The third kappa shape index (κ3) is 2.22. The van der Waals surface area contributed by atoms with Crippen molar-refractivity contribution in [1.82, 2.24) is 5.32 Å². The van der Waals surface area contributed by atoms with Gasteiger partial charge in [-0.1, -0.05) is 0 Å². The van der Waals surface area contributed by atoms with Crippen molar-refractivity contribution >= 4 is 40.6 Å². The number of carbonyl (C=O) groups excluding carboxylic acids is 2. The molecule has 1 atom stereocenters. The van der Waals surface area contributed by atoms with E-state index in [2.05, 4.69) is 10.6 Å². The van der Waals surface area contributed by atoms with Gasteiger partial charge in [-0.15, -0.1) is 11.3 Å². The molecule has 6 heteroatoms. The minimum absolute atomic E-state index is 0.125. The van der Waals surface area contributed by atoms with E-state index in [9.17, 15) is 9.59 Å². The summed E-state index contributed by atoms with van der Waals surface area (Å²) in [6, 6.07) is 1.34. The van der Waals surface area contributed by atoms with Gasteiger partial charge in [-0.3, -0.25) is 9.59 Å². The van der Waals surface area contributed by atoms with Gasteiger partial charge < -0.3 is 10.6 Å². The van der Waals surface area contributed by atoms with Gasteiger partial charge in [-0.2, -0.15) is 11.8 Å². The fourth-order valence-corrected chi connectivity index (χ4v) is 2.76. The molecule has 2 rings (SSSR count). The minimum Gasteiger partial charge on any atom is -0.339 e. The van der Waals surface area contributed by atoms with Gasteiger partial charge in [0.1, 0.15) is 10.9 Å². The van der Waals surface area contributed by atoms with Gasteiger partial charge in [0, 0.05) is 0 Å². The molecule has 1 aliphatic heterocycles. The Kier molecular flexibility index (Phi) is 3.50. The van der Waals surface area contributed by atoms with Crippen LogP contribution in [0.3, 0.4) is 0 Å². The average Bonchev–Trinajstić information content (AvgIpc) is 2.67. The molecule has 4 nitrogen and oxygen atoms in total. The molecule has 0 aliphatic carbocycles. The second-order valence-electron chi connectivity index (χ2n) is 3.46. The van der Waals surface area contributed by atoms with Gasteiger partial charge in [-0.05, 0) is 29.9 Å². The largest absolute Gasteiger partial charge is 0.339 e. The second kappa shape index (κ2) is 4.88. The molecule has 0 radical (unpaired) electrons. The van der Waals surface area contributed by atoms with Crippen LogP contribution in [0.1, 0.15) is 16.1 Å². The van der Waals surface area contributed by atoms with E-state index in [0.29, 0.717) is 17.0 Å². The van der Waals surface area contributed by atoms with Crippen molar-refractivity contribution in [3.05, 3.63) is 16.3 Å². The predicted molar refractivity (Wildman–Crippen MR) is 67.2 cm³/mol. The van der Waals surface area contributed by atoms with Gasteiger partial charge >= 0.3 is 0 Å². The summed E-state index contributed by atoms with van der Waals surface area (Å²) in [6.07, 6.45) is 2.64. The Labute approximate surface area is 102 Å². The number of carbonyl (C=O) groups is 2. The maximum absolute atomic E-state index is 11.8. The zero-order valence-corrected chi connectivity index (χ0v) is 10.4. The fourth-order valence-electron chi connectivity index (χ4n) is 1.53. The van der Waals surface area contributed by atoms with Gasteiger partial charge in [0.25, 0.3) is 5.91 Å². The predicted octanol–water partition coefficient (Wildman–Crippen LogP) is 1.55. The van der Waals surface area contributed by atoms with E-state index in [1.165, 1.54) is 11.3 Å². The van der Waals surface area contributed by atoms with Crippen molar-refractivity contribution in [2.24, 2.45) is 0 Å². The number of thioether (sulfide) groups is 1. The third-order valence-corrected chi connectivity index (χ3v) is 3.92. The normalized spacial score (nSPS) is 19.7. The molecule has 86 valence electrons. The number of thiophene rings is 1. The molecule has 0 aromatic carbocycles. The Balaban J connectivity index is 2.16. The molecule has 0 spiro atoms. The number of amides is 2. The number of fused-ring (bicyclic) bond motifs is 1. The lowest BCUT2D eigenvalue weighted by Crippen LogP contribution is -2.41. The van der Waals surface area contributed by atoms with Crippen LogP contribution in [0.4, 0.5) is 5.69 Å². The van der Waals surface area contributed by atoms with E-state index >= 15 is 0 Å². The topological polar surface area (TPSA) is 58.2 Å². The molecule has 0 bridgehead atoms. The third-order valence-electron chi connectivity index (χ3n) is 2.36. The lowest BCUT2D eigenvalue weighted by molar-refractivity contribution is -0.117. The zero-order valence-electron chi connectivity index (χ0n) is 8.78. The number of anilines is 1. The van der Waals surface area contributed by atoms with Gasteiger partial charge in [-0.25, -0.2) is 0 Å². The molecule has 2 heterocycles. The van der Waals surface area contributed by atoms with Crippen LogP contribution in [0, 0.1) is 0 Å². The molecule has 0 unspecified atom stereocenters. The van der Waals surface area contributed by atoms with E-state index in [4.69, 9.17) is 0 Å². The lowest BCUT2D eigenvalue weighted by Gasteiger charge is -2.13. The van der Waals surface area contributed by atoms with Crippen molar-refractivity contribution < 1.29 is 9.59 Å². The molecule has 2 amide bonds. The summed E-state index contributed by atoms with van der Waals surface area (Å²) in [4.78, 5) is 24.2. The summed E-state index contributed by atoms with van der Waals surface area (Å²) in [5, 5.41) is 7.32. The number of hydrogen-bond donors (Lipinski definition) is 2. The highest BCUT2D eigenvalue weighted by Gasteiger charge is 2.27. The molecule has 0 saturated heterocycles. The van der Waals surface area contributed by atoms with Crippen molar-refractivity contribution in [3.63, 3.8) is 0 Å². The molecule has 0 fully saturated rings. The quantitative estimate of drug-likeness (QED) is 0.862. The minimum atomic E-state index is -0.417. The Bertz CT molecular complexity index is 417. The summed E-state index contributed by atoms with van der Waals surface area (Å²) in [6.45, 7) is 0. The molecular formula is C10H12N2O2S2. The summed E-state index contributed by atoms with van der Waals surface area (Å²) >= 11 is 3.01. The average molecular weight is 256 g/mol. The van der Waals surface area contributed by atoms with Crippen LogP contribution in [0.15, 0.2) is 11.4 Å². The first kappa shape index (κ1) is 11.5. The first-order valence-electron chi connectivity index (χ1n) is 4.90. The van der Waals surface area contributed by atoms with E-state index < -0.39 is 6.04 Å². The van der Waals surface area contributed by atoms with Gasteiger partial charge in [0.15, 0.2) is 0 Å². The maximum Gasteiger partial charge on any atom is 0.264 e. The van der Waals surface area contributed by atoms with Gasteiger partial charge in [0.2, 0.25) is 5.91 Å². The van der Waals surface area contributed by atoms with Crippen LogP contribution in [-0.4, -0.2) is 29.9 Å². The monoisotopic (exact) mass is 256 g/mol. The smallest absolute Gasteiger partial charge is 0.264 e. The van der Waals surface area contributed by atoms with Crippen LogP contribution in [0.25, 0.3) is 0 Å². The van der Waals surface area contributed by atoms with E-state index in [0.717, 1.165) is 5.75 Å². The van der Waals surface area contributed by atoms with Crippen LogP contribution in [-0.2, 0) is 4.79 Å². The molecule has 1 aliphatic rings. The van der Waals surface area contributed by atoms with Crippen molar-refractivity contribution in [1.29, 1.82) is 0 Å². The summed E-state index contributed by atoms with van der Waals surface area (Å²) in [7, 11) is 0. The summed E-state index contributed by atoms with van der Waals surface area (Å²) in [5.41, 5.74) is 0.624. The standard InChI is InChI=1S/C10H12N2O2S2/c1-15-4-2-7-9(13)11-6-3-5-16-8(6)10(14)12-7/h3,5,7H,2,4H2,1H3,(H,11,13)(H,12,14)/t7-/m0/s1. The number of hydrogen-bond acceptors (Lipinski definition) is 4. The lowest BCUT2D eigenvalue weighted by atomic mass is 10.2. The van der Waals surface area contributed by atoms with Crippen LogP contribution < -0.4 is 10.6 Å². The Hall–Kier alpha value is -1.01. The highest BCUT2D eigenvalue weighted by Crippen LogP contribution is 2.24. The van der Waals surface area contributed by atoms with E-state index in [1.807, 2.05) is 6.26 Å². The first-order valence-corrected chi connectivity index (χ1v) is 7.18. The SMILES string of the molecule is CSCC[C@@H]1NC(=O)c2sccc2NC1=O. The zero-order chi connectivity index (χ0) is 11.5. The molecular weight excluding hydrogens is 244 g/mol. The second-order valence-corrected chi connectivity index (χ2v) is 5.36. The van der Waals surface area contributed by atoms with Gasteiger partial charge in [0.05, 0.1) is 5.69 Å². The fraction of sp³-hybridized carbons (Fsp3) is 0.400. The Morgan fingerprint density at radius 1 is 1.50 bits per heavy atom. The van der Waals surface area contributed by atoms with E-state index in [1.54, 1.807) is 23.2 Å². The molecule has 16 heavy (non-hydrogen) atoms. The summed E-state index contributed by atoms with van der Waals surface area (Å²) < 4.78 is 0. The van der Waals surface area contributed by atoms with Crippen molar-refractivity contribution in [2.75, 3.05) is 17.3 Å². The number of rotatable bonds is 3. The maximum atomic E-state index is 11.8. The molecule has 1 aromatic rings. The van der Waals surface area contributed by atoms with Crippen LogP contribution >= 0.6 is 23.1 Å². The van der Waals surface area contributed by atoms with E-state index in [-0.39, 0.29) is 11.8 Å². The molecule has 2 N–H and O–H groups in total. The first-order chi connectivity index (χ1) is 7.72. The Morgan fingerprint density at radius 2 is 2.31 bits per heavy atom. The molecule has 1 aromatic heterocycles. The Morgan fingerprint density at radius 3 is 3.06 bits per heavy atom. The summed E-state index contributed by atoms with van der Waals surface area (Å²) in [5.74, 6) is 0.570. The van der Waals surface area contributed by atoms with Crippen molar-refractivity contribution in [3.8, 4) is 0 Å². The highest BCUT2D eigenvalue weighted by atomic mass is 32.2. The van der Waals surface area contributed by atoms with Crippen LogP contribution in [0.5, 0.6) is 0 Å². The number of nitrogens with one attached hydrogen (secondary N) is 2. The van der Waals surface area contributed by atoms with Crippen LogP contribution in [0.2, 0.25) is 0 Å². The molecule has 0 saturated carbocycles.